The number of furan rings is 1. The van der Waals surface area contributed by atoms with Gasteiger partial charge in [-0.05, 0) is 41.7 Å². The van der Waals surface area contributed by atoms with Crippen molar-refractivity contribution >= 4 is 5.91 Å². The summed E-state index contributed by atoms with van der Waals surface area (Å²) in [6, 6.07) is 13.9. The zero-order valence-electron chi connectivity index (χ0n) is 15.7. The van der Waals surface area contributed by atoms with E-state index in [1.807, 2.05) is 23.7 Å². The van der Waals surface area contributed by atoms with E-state index in [0.29, 0.717) is 24.5 Å². The fourth-order valence-electron chi connectivity index (χ4n) is 2.81. The molecule has 5 nitrogen and oxygen atoms in total. The molecule has 136 valence electrons. The topological polar surface area (TPSA) is 60.1 Å². The lowest BCUT2D eigenvalue weighted by Gasteiger charge is -2.19. The van der Waals surface area contributed by atoms with Crippen LogP contribution in [0, 0.1) is 0 Å². The van der Waals surface area contributed by atoms with Crippen molar-refractivity contribution in [1.29, 1.82) is 0 Å². The predicted octanol–water partition coefficient (Wildman–Crippen LogP) is 4.39. The normalized spacial score (nSPS) is 11.5. The number of aryl methyl sites for hydroxylation is 1. The van der Waals surface area contributed by atoms with Crippen molar-refractivity contribution in [3.8, 4) is 11.3 Å². The van der Waals surface area contributed by atoms with Crippen LogP contribution >= 0.6 is 0 Å². The Kier molecular flexibility index (Phi) is 4.98. The second-order valence-electron chi connectivity index (χ2n) is 7.32. The molecule has 0 saturated carbocycles. The van der Waals surface area contributed by atoms with Crippen LogP contribution < -0.4 is 5.32 Å². The molecule has 0 spiro atoms. The molecule has 1 N–H and O–H groups in total. The predicted molar refractivity (Wildman–Crippen MR) is 102 cm³/mol. The van der Waals surface area contributed by atoms with Crippen LogP contribution in [-0.2, 0) is 18.5 Å². The highest BCUT2D eigenvalue weighted by Gasteiger charge is 2.17. The summed E-state index contributed by atoms with van der Waals surface area (Å²) in [6.07, 6.45) is 1.59. The molecule has 0 saturated heterocycles. The van der Waals surface area contributed by atoms with Crippen molar-refractivity contribution in [3.63, 3.8) is 0 Å². The molecule has 0 atom stereocenters. The Hall–Kier alpha value is -2.82. The molecule has 0 fully saturated rings. The number of nitrogens with one attached hydrogen (secondary N) is 1. The first kappa shape index (κ1) is 18.0. The van der Waals surface area contributed by atoms with Crippen molar-refractivity contribution in [2.24, 2.45) is 0 Å². The molecule has 0 aliphatic heterocycles. The SMILES string of the molecule is CCn1nc(C(=O)NCc2ccco2)cc1-c1ccc(C(C)(C)C)cc1. The van der Waals surface area contributed by atoms with Gasteiger partial charge in [0.1, 0.15) is 5.76 Å². The lowest BCUT2D eigenvalue weighted by molar-refractivity contribution is 0.0942. The number of nitrogens with zero attached hydrogens (tertiary/aromatic N) is 2. The Bertz CT molecular complexity index is 869. The average molecular weight is 351 g/mol. The van der Waals surface area contributed by atoms with Gasteiger partial charge in [0.25, 0.3) is 5.91 Å². The van der Waals surface area contributed by atoms with Gasteiger partial charge < -0.3 is 9.73 Å². The number of carbonyl (C=O) groups is 1. The van der Waals surface area contributed by atoms with Crippen LogP contribution in [0.2, 0.25) is 0 Å². The number of benzene rings is 1. The molecule has 1 amide bonds. The largest absolute Gasteiger partial charge is 0.467 e. The van der Waals surface area contributed by atoms with E-state index < -0.39 is 0 Å². The van der Waals surface area contributed by atoms with Gasteiger partial charge in [0.15, 0.2) is 5.69 Å². The number of aromatic nitrogens is 2. The first-order valence-electron chi connectivity index (χ1n) is 8.88. The van der Waals surface area contributed by atoms with Gasteiger partial charge in [-0.25, -0.2) is 0 Å². The summed E-state index contributed by atoms with van der Waals surface area (Å²) >= 11 is 0. The highest BCUT2D eigenvalue weighted by Crippen LogP contribution is 2.26. The average Bonchev–Trinajstić information content (AvgIpc) is 3.28. The quantitative estimate of drug-likeness (QED) is 0.741. The van der Waals surface area contributed by atoms with Crippen LogP contribution in [0.15, 0.2) is 53.1 Å². The molecule has 0 unspecified atom stereocenters. The number of hydrogen-bond donors (Lipinski definition) is 1. The lowest BCUT2D eigenvalue weighted by Crippen LogP contribution is -2.23. The maximum atomic E-state index is 12.4. The van der Waals surface area contributed by atoms with Gasteiger partial charge >= 0.3 is 0 Å². The van der Waals surface area contributed by atoms with Gasteiger partial charge in [-0.15, -0.1) is 0 Å². The zero-order chi connectivity index (χ0) is 18.7. The monoisotopic (exact) mass is 351 g/mol. The molecule has 5 heteroatoms. The second kappa shape index (κ2) is 7.20. The zero-order valence-corrected chi connectivity index (χ0v) is 15.7. The van der Waals surface area contributed by atoms with Gasteiger partial charge in [0, 0.05) is 6.54 Å². The fraction of sp³-hybridized carbons (Fsp3) is 0.333. The van der Waals surface area contributed by atoms with E-state index >= 15 is 0 Å². The van der Waals surface area contributed by atoms with Crippen molar-refractivity contribution in [1.82, 2.24) is 15.1 Å². The number of hydrogen-bond acceptors (Lipinski definition) is 3. The van der Waals surface area contributed by atoms with Crippen molar-refractivity contribution in [2.45, 2.75) is 46.2 Å². The van der Waals surface area contributed by atoms with Crippen LogP contribution in [0.4, 0.5) is 0 Å². The van der Waals surface area contributed by atoms with E-state index in [1.165, 1.54) is 5.56 Å². The molecule has 0 aliphatic carbocycles. The highest BCUT2D eigenvalue weighted by molar-refractivity contribution is 5.93. The summed E-state index contributed by atoms with van der Waals surface area (Å²) in [4.78, 5) is 12.4. The Balaban J connectivity index is 1.81. The van der Waals surface area contributed by atoms with E-state index in [1.54, 1.807) is 12.3 Å². The van der Waals surface area contributed by atoms with Gasteiger partial charge in [-0.1, -0.05) is 45.0 Å². The molecule has 0 bridgehead atoms. The summed E-state index contributed by atoms with van der Waals surface area (Å²) < 4.78 is 7.09. The first-order valence-corrected chi connectivity index (χ1v) is 8.88. The maximum Gasteiger partial charge on any atom is 0.272 e. The first-order chi connectivity index (χ1) is 12.4. The third-order valence-corrected chi connectivity index (χ3v) is 4.36. The van der Waals surface area contributed by atoms with Crippen molar-refractivity contribution < 1.29 is 9.21 Å². The molecule has 0 aliphatic rings. The number of carbonyl (C=O) groups excluding carboxylic acids is 1. The number of amides is 1. The third-order valence-electron chi connectivity index (χ3n) is 4.36. The van der Waals surface area contributed by atoms with Crippen molar-refractivity contribution in [2.75, 3.05) is 0 Å². The Morgan fingerprint density at radius 3 is 2.50 bits per heavy atom. The van der Waals surface area contributed by atoms with E-state index in [-0.39, 0.29) is 11.3 Å². The van der Waals surface area contributed by atoms with Crippen LogP contribution in [0.3, 0.4) is 0 Å². The summed E-state index contributed by atoms with van der Waals surface area (Å²) in [5, 5.41) is 7.29. The Morgan fingerprint density at radius 1 is 1.19 bits per heavy atom. The van der Waals surface area contributed by atoms with E-state index in [4.69, 9.17) is 4.42 Å². The summed E-state index contributed by atoms with van der Waals surface area (Å²) in [7, 11) is 0. The maximum absolute atomic E-state index is 12.4. The smallest absolute Gasteiger partial charge is 0.272 e. The van der Waals surface area contributed by atoms with E-state index in [2.05, 4.69) is 55.5 Å². The van der Waals surface area contributed by atoms with E-state index in [0.717, 1.165) is 11.3 Å². The molecule has 2 aromatic heterocycles. The summed E-state index contributed by atoms with van der Waals surface area (Å²) in [5.74, 6) is 0.507. The summed E-state index contributed by atoms with van der Waals surface area (Å²) in [6.45, 7) is 9.64. The van der Waals surface area contributed by atoms with Crippen LogP contribution in [0.5, 0.6) is 0 Å². The van der Waals surface area contributed by atoms with Gasteiger partial charge in [0.05, 0.1) is 18.5 Å². The molecule has 1 aromatic carbocycles. The van der Waals surface area contributed by atoms with Gasteiger partial charge in [0.2, 0.25) is 0 Å². The van der Waals surface area contributed by atoms with E-state index in [9.17, 15) is 4.79 Å². The van der Waals surface area contributed by atoms with Crippen molar-refractivity contribution in [3.05, 3.63) is 65.7 Å². The molecule has 2 heterocycles. The molecular weight excluding hydrogens is 326 g/mol. The van der Waals surface area contributed by atoms with Gasteiger partial charge in [-0.3, -0.25) is 9.48 Å². The minimum absolute atomic E-state index is 0.112. The Labute approximate surface area is 154 Å². The fourth-order valence-corrected chi connectivity index (χ4v) is 2.81. The molecule has 0 radical (unpaired) electrons. The number of rotatable bonds is 5. The third kappa shape index (κ3) is 3.87. The highest BCUT2D eigenvalue weighted by atomic mass is 16.3. The second-order valence-corrected chi connectivity index (χ2v) is 7.32. The van der Waals surface area contributed by atoms with Crippen LogP contribution in [0.1, 0.15) is 49.5 Å². The lowest BCUT2D eigenvalue weighted by atomic mass is 9.86. The molecule has 26 heavy (non-hydrogen) atoms. The van der Waals surface area contributed by atoms with Crippen LogP contribution in [-0.4, -0.2) is 15.7 Å². The van der Waals surface area contributed by atoms with Crippen LogP contribution in [0.25, 0.3) is 11.3 Å². The van der Waals surface area contributed by atoms with Gasteiger partial charge in [-0.2, -0.15) is 5.10 Å². The Morgan fingerprint density at radius 2 is 1.92 bits per heavy atom. The summed E-state index contributed by atoms with van der Waals surface area (Å²) in [5.41, 5.74) is 3.79. The molecule has 3 aromatic rings. The minimum atomic E-state index is -0.207. The molecular formula is C21H25N3O2. The molecule has 3 rings (SSSR count). The minimum Gasteiger partial charge on any atom is -0.467 e. The standard InChI is InChI=1S/C21H25N3O2/c1-5-24-19(15-8-10-16(11-9-15)21(2,3)4)13-18(23-24)20(25)22-14-17-7-6-12-26-17/h6-13H,5,14H2,1-4H3,(H,22,25).